The molecule has 1 heterocycles. The molecule has 0 aromatic heterocycles. The van der Waals surface area contributed by atoms with Crippen LogP contribution in [0.4, 0.5) is 4.39 Å². The van der Waals surface area contributed by atoms with Gasteiger partial charge in [-0.15, -0.1) is 0 Å². The summed E-state index contributed by atoms with van der Waals surface area (Å²) in [5, 5.41) is 4.20. The number of hydrogen-bond donors (Lipinski definition) is 1. The van der Waals surface area contributed by atoms with Crippen molar-refractivity contribution in [3.8, 4) is 0 Å². The average molecular weight is 270 g/mol. The number of benzene rings is 1. The van der Waals surface area contributed by atoms with Crippen molar-refractivity contribution < 1.29 is 4.39 Å². The predicted octanol–water partition coefficient (Wildman–Crippen LogP) is 4.19. The largest absolute Gasteiger partial charge is 0.310 e. The summed E-state index contributed by atoms with van der Waals surface area (Å²) in [6.07, 6.45) is 2.94. The first kappa shape index (κ1) is 13.8. The lowest BCUT2D eigenvalue weighted by Crippen LogP contribution is -2.52. The van der Waals surface area contributed by atoms with Gasteiger partial charge in [0.1, 0.15) is 5.82 Å². The Balaban J connectivity index is 2.32. The molecule has 0 amide bonds. The van der Waals surface area contributed by atoms with Crippen LogP contribution in [0.1, 0.15) is 39.2 Å². The van der Waals surface area contributed by atoms with Crippen LogP contribution in [-0.2, 0) is 6.42 Å². The van der Waals surface area contributed by atoms with Gasteiger partial charge in [-0.2, -0.15) is 0 Å². The molecule has 1 atom stereocenters. The van der Waals surface area contributed by atoms with E-state index in [9.17, 15) is 4.39 Å². The molecule has 0 aliphatic carbocycles. The van der Waals surface area contributed by atoms with Crippen LogP contribution in [0.5, 0.6) is 0 Å². The second kappa shape index (κ2) is 4.82. The first-order valence-corrected chi connectivity index (χ1v) is 6.91. The molecule has 1 aliphatic heterocycles. The molecule has 3 heteroatoms. The molecule has 0 saturated carbocycles. The maximum Gasteiger partial charge on any atom is 0.126 e. The van der Waals surface area contributed by atoms with E-state index in [0.717, 1.165) is 19.4 Å². The second-order valence-electron chi connectivity index (χ2n) is 6.27. The van der Waals surface area contributed by atoms with Crippen LogP contribution in [0.15, 0.2) is 18.2 Å². The Morgan fingerprint density at radius 2 is 2.11 bits per heavy atom. The van der Waals surface area contributed by atoms with Crippen LogP contribution in [0.3, 0.4) is 0 Å². The third kappa shape index (κ3) is 2.55. The summed E-state index contributed by atoms with van der Waals surface area (Å²) in [7, 11) is 0. The van der Waals surface area contributed by atoms with Crippen molar-refractivity contribution >= 4 is 11.6 Å². The summed E-state index contributed by atoms with van der Waals surface area (Å²) in [5.41, 5.74) is 0.781. The first-order chi connectivity index (χ1) is 8.34. The van der Waals surface area contributed by atoms with Gasteiger partial charge < -0.3 is 5.32 Å². The quantitative estimate of drug-likeness (QED) is 0.849. The van der Waals surface area contributed by atoms with Crippen molar-refractivity contribution in [3.63, 3.8) is 0 Å². The van der Waals surface area contributed by atoms with E-state index < -0.39 is 0 Å². The minimum Gasteiger partial charge on any atom is -0.310 e. The maximum atomic E-state index is 13.9. The number of rotatable bonds is 2. The molecule has 1 unspecified atom stereocenters. The summed E-state index contributed by atoms with van der Waals surface area (Å²) in [5.74, 6) is -0.156. The fraction of sp³-hybridized carbons (Fsp3) is 0.600. The van der Waals surface area contributed by atoms with E-state index in [0.29, 0.717) is 17.0 Å². The summed E-state index contributed by atoms with van der Waals surface area (Å²) in [4.78, 5) is 0. The van der Waals surface area contributed by atoms with E-state index in [1.54, 1.807) is 12.1 Å². The molecular weight excluding hydrogens is 249 g/mol. The first-order valence-electron chi connectivity index (χ1n) is 6.53. The fourth-order valence-electron chi connectivity index (χ4n) is 2.87. The molecule has 1 fully saturated rings. The van der Waals surface area contributed by atoms with E-state index in [1.165, 1.54) is 6.07 Å². The monoisotopic (exact) mass is 269 g/mol. The molecule has 1 nitrogen and oxygen atoms in total. The number of nitrogens with one attached hydrogen (secondary N) is 1. The third-order valence-electron chi connectivity index (χ3n) is 4.18. The topological polar surface area (TPSA) is 12.0 Å². The molecule has 1 N–H and O–H groups in total. The van der Waals surface area contributed by atoms with E-state index in [1.807, 2.05) is 0 Å². The SMILES string of the molecule is CC(C)(C)C1(Cc2cc(Cl)ccc2F)CCCN1. The van der Waals surface area contributed by atoms with Gasteiger partial charge in [-0.3, -0.25) is 0 Å². The highest BCUT2D eigenvalue weighted by Crippen LogP contribution is 2.40. The minimum atomic E-state index is -0.156. The molecule has 1 aromatic carbocycles. The van der Waals surface area contributed by atoms with Crippen LogP contribution in [0, 0.1) is 11.2 Å². The van der Waals surface area contributed by atoms with Crippen LogP contribution in [-0.4, -0.2) is 12.1 Å². The van der Waals surface area contributed by atoms with Gasteiger partial charge in [-0.05, 0) is 55.0 Å². The van der Waals surface area contributed by atoms with Crippen molar-refractivity contribution in [1.29, 1.82) is 0 Å². The van der Waals surface area contributed by atoms with Gasteiger partial charge in [0.2, 0.25) is 0 Å². The maximum absolute atomic E-state index is 13.9. The average Bonchev–Trinajstić information content (AvgIpc) is 2.72. The van der Waals surface area contributed by atoms with Crippen LogP contribution < -0.4 is 5.32 Å². The van der Waals surface area contributed by atoms with Gasteiger partial charge >= 0.3 is 0 Å². The predicted molar refractivity (Wildman–Crippen MR) is 74.5 cm³/mol. The highest BCUT2D eigenvalue weighted by atomic mass is 35.5. The lowest BCUT2D eigenvalue weighted by Gasteiger charge is -2.42. The molecule has 1 saturated heterocycles. The van der Waals surface area contributed by atoms with Gasteiger partial charge in [0.05, 0.1) is 0 Å². The Labute approximate surface area is 114 Å². The second-order valence-corrected chi connectivity index (χ2v) is 6.71. The van der Waals surface area contributed by atoms with E-state index >= 15 is 0 Å². The third-order valence-corrected chi connectivity index (χ3v) is 4.41. The fourth-order valence-corrected chi connectivity index (χ4v) is 3.06. The van der Waals surface area contributed by atoms with Crippen LogP contribution in [0.2, 0.25) is 5.02 Å². The molecule has 0 radical (unpaired) electrons. The van der Waals surface area contributed by atoms with E-state index in [-0.39, 0.29) is 16.8 Å². The van der Waals surface area contributed by atoms with Crippen molar-refractivity contribution in [1.82, 2.24) is 5.32 Å². The van der Waals surface area contributed by atoms with E-state index in [4.69, 9.17) is 11.6 Å². The van der Waals surface area contributed by atoms with Crippen molar-refractivity contribution in [2.75, 3.05) is 6.54 Å². The number of hydrogen-bond acceptors (Lipinski definition) is 1. The molecular formula is C15H21ClFN. The van der Waals surface area contributed by atoms with Crippen molar-refractivity contribution in [2.24, 2.45) is 5.41 Å². The standard InChI is InChI=1S/C15H21ClFN/c1-14(2,3)15(7-4-8-18-15)10-11-9-12(16)5-6-13(11)17/h5-6,9,18H,4,7-8,10H2,1-3H3. The molecule has 2 rings (SSSR count). The van der Waals surface area contributed by atoms with Crippen molar-refractivity contribution in [2.45, 2.75) is 45.6 Å². The molecule has 100 valence electrons. The molecule has 0 bridgehead atoms. The molecule has 1 aliphatic rings. The zero-order valence-electron chi connectivity index (χ0n) is 11.3. The van der Waals surface area contributed by atoms with Gasteiger partial charge in [-0.25, -0.2) is 4.39 Å². The van der Waals surface area contributed by atoms with Gasteiger partial charge in [0.25, 0.3) is 0 Å². The summed E-state index contributed by atoms with van der Waals surface area (Å²) >= 11 is 5.97. The molecule has 0 spiro atoms. The summed E-state index contributed by atoms with van der Waals surface area (Å²) in [6, 6.07) is 4.82. The Morgan fingerprint density at radius 3 is 2.67 bits per heavy atom. The van der Waals surface area contributed by atoms with E-state index in [2.05, 4.69) is 26.1 Å². The van der Waals surface area contributed by atoms with Gasteiger partial charge in [-0.1, -0.05) is 32.4 Å². The normalized spacial score (nSPS) is 24.5. The Bertz CT molecular complexity index is 431. The summed E-state index contributed by atoms with van der Waals surface area (Å²) in [6.45, 7) is 7.66. The smallest absolute Gasteiger partial charge is 0.126 e. The Morgan fingerprint density at radius 1 is 1.39 bits per heavy atom. The van der Waals surface area contributed by atoms with Gasteiger partial charge in [0.15, 0.2) is 0 Å². The highest BCUT2D eigenvalue weighted by molar-refractivity contribution is 6.30. The van der Waals surface area contributed by atoms with Crippen LogP contribution in [0.25, 0.3) is 0 Å². The highest BCUT2D eigenvalue weighted by Gasteiger charge is 2.44. The molecule has 1 aromatic rings. The Kier molecular flexibility index (Phi) is 3.70. The lowest BCUT2D eigenvalue weighted by molar-refractivity contribution is 0.158. The number of halogens is 2. The minimum absolute atomic E-state index is 0.0292. The van der Waals surface area contributed by atoms with Crippen molar-refractivity contribution in [3.05, 3.63) is 34.6 Å². The Hall–Kier alpha value is -0.600. The van der Waals surface area contributed by atoms with Gasteiger partial charge in [0, 0.05) is 10.6 Å². The zero-order chi connectivity index (χ0) is 13.4. The zero-order valence-corrected chi connectivity index (χ0v) is 12.1. The lowest BCUT2D eigenvalue weighted by atomic mass is 9.69. The van der Waals surface area contributed by atoms with Crippen LogP contribution >= 0.6 is 11.6 Å². The molecule has 18 heavy (non-hydrogen) atoms. The summed E-state index contributed by atoms with van der Waals surface area (Å²) < 4.78 is 13.9.